The summed E-state index contributed by atoms with van der Waals surface area (Å²) in [6, 6.07) is 131. The maximum atomic E-state index is 2.38. The minimum Gasteiger partial charge on any atom is -0.310 e. The summed E-state index contributed by atoms with van der Waals surface area (Å²) in [5.41, 5.74) is 20.0. The lowest BCUT2D eigenvalue weighted by atomic mass is 9.94. The minimum atomic E-state index is 1.06. The molecule has 0 aromatic heterocycles. The van der Waals surface area contributed by atoms with E-state index in [1.165, 1.54) is 38.1 Å². The van der Waals surface area contributed by atoms with E-state index in [4.69, 9.17) is 0 Å². The molecule has 0 atom stereocenters. The number of hydrogen-bond donors (Lipinski definition) is 0. The van der Waals surface area contributed by atoms with Crippen LogP contribution >= 0.6 is 0 Å². The van der Waals surface area contributed by atoms with Gasteiger partial charge < -0.3 is 19.6 Å². The second-order valence-corrected chi connectivity index (χ2v) is 22.6. The quantitative estimate of drug-likeness (QED) is 0.0706. The zero-order chi connectivity index (χ0) is 60.0. The number of rotatable bonds is 16. The Morgan fingerprint density at radius 3 is 1.04 bits per heavy atom. The number of benzene rings is 15. The SMILES string of the molecule is C(=C\c1ccc2cc(N(c3ccccc3)c3ccccc3)ccc2c1)/c1ccc(N(c2ccccc2)c2cccc(-c3ccc(N(c4ccccc4)c4ccc5cc(N(c6ccccc6)c6ccccc6)c6ccc(-c7ccccc7)cc6c5c4)cc3)c2)cc1. The fraction of sp³-hybridized carbons (Fsp3) is 0. The van der Waals surface area contributed by atoms with Crippen LogP contribution in [0.4, 0.5) is 68.2 Å². The van der Waals surface area contributed by atoms with Crippen molar-refractivity contribution in [2.45, 2.75) is 0 Å². The lowest BCUT2D eigenvalue weighted by Crippen LogP contribution is -2.11. The summed E-state index contributed by atoms with van der Waals surface area (Å²) >= 11 is 0. The summed E-state index contributed by atoms with van der Waals surface area (Å²) in [6.45, 7) is 0. The Bertz CT molecular complexity index is 4890. The molecule has 0 saturated heterocycles. The van der Waals surface area contributed by atoms with E-state index >= 15 is 0 Å². The van der Waals surface area contributed by atoms with E-state index < -0.39 is 0 Å². The number of nitrogens with zero attached hydrogens (tertiary/aromatic N) is 4. The van der Waals surface area contributed by atoms with Crippen LogP contribution in [0.5, 0.6) is 0 Å². The molecule has 4 heteroatoms. The van der Waals surface area contributed by atoms with Gasteiger partial charge in [-0.3, -0.25) is 0 Å². The highest BCUT2D eigenvalue weighted by atomic mass is 15.2. The molecule has 0 aliphatic carbocycles. The summed E-state index contributed by atoms with van der Waals surface area (Å²) in [7, 11) is 0. The molecule has 15 aromatic rings. The molecule has 0 heterocycles. The molecule has 90 heavy (non-hydrogen) atoms. The Labute approximate surface area is 526 Å². The standard InChI is InChI=1S/C86H62N4/c1-8-23-65(24-9-1)70-49-56-83-85(60-70)84-62-82(55-48-71(84)61-86(83)90(76-34-18-6-19-35-76)77-36-20-7-21-37-77)89(75-32-16-5-17-33-75)79-52-45-66(46-53-79)67-25-22-38-80(58-67)88(74-30-14-4-15-31-74)78-50-42-63(43-51-78)39-40-64-41-44-69-59-81(54-47-68(69)57-64)87(72-26-10-2-11-27-72)73-28-12-3-13-29-73/h1-62H/b40-39+. The normalized spacial score (nSPS) is 11.3. The van der Waals surface area contributed by atoms with Crippen LogP contribution in [0.25, 0.3) is 66.7 Å². The van der Waals surface area contributed by atoms with E-state index in [0.717, 1.165) is 95.9 Å². The molecule has 0 spiro atoms. The highest BCUT2D eigenvalue weighted by Gasteiger charge is 2.21. The number of hydrogen-bond acceptors (Lipinski definition) is 4. The van der Waals surface area contributed by atoms with Gasteiger partial charge in [-0.1, -0.05) is 224 Å². The van der Waals surface area contributed by atoms with Crippen molar-refractivity contribution in [3.63, 3.8) is 0 Å². The molecular formula is C86H62N4. The van der Waals surface area contributed by atoms with Gasteiger partial charge in [0.2, 0.25) is 0 Å². The van der Waals surface area contributed by atoms with Gasteiger partial charge in [0.15, 0.2) is 0 Å². The molecule has 15 aromatic carbocycles. The largest absolute Gasteiger partial charge is 0.310 e. The summed E-state index contributed by atoms with van der Waals surface area (Å²) < 4.78 is 0. The van der Waals surface area contributed by atoms with E-state index in [1.54, 1.807) is 0 Å². The van der Waals surface area contributed by atoms with Gasteiger partial charge >= 0.3 is 0 Å². The second-order valence-electron chi connectivity index (χ2n) is 22.6. The third-order valence-corrected chi connectivity index (χ3v) is 16.9. The first kappa shape index (κ1) is 54.7. The van der Waals surface area contributed by atoms with Crippen LogP contribution in [0.2, 0.25) is 0 Å². The minimum absolute atomic E-state index is 1.06. The van der Waals surface area contributed by atoms with E-state index in [0.29, 0.717) is 0 Å². The van der Waals surface area contributed by atoms with Gasteiger partial charge in [-0.15, -0.1) is 0 Å². The van der Waals surface area contributed by atoms with Gasteiger partial charge in [-0.25, -0.2) is 0 Å². The Balaban J connectivity index is 0.731. The second kappa shape index (κ2) is 24.8. The van der Waals surface area contributed by atoms with Gasteiger partial charge in [0, 0.05) is 67.9 Å². The van der Waals surface area contributed by atoms with E-state index in [2.05, 4.69) is 396 Å². The number of para-hydroxylation sites is 6. The lowest BCUT2D eigenvalue weighted by Gasteiger charge is -2.29. The van der Waals surface area contributed by atoms with Crippen LogP contribution in [0, 0.1) is 0 Å². The first-order valence-corrected chi connectivity index (χ1v) is 30.7. The number of fused-ring (bicyclic) bond motifs is 4. The molecule has 0 radical (unpaired) electrons. The molecule has 0 aliphatic heterocycles. The summed E-state index contributed by atoms with van der Waals surface area (Å²) in [5, 5.41) is 7.08. The van der Waals surface area contributed by atoms with E-state index in [1.807, 2.05) is 0 Å². The Hall–Kier alpha value is -12.0. The molecule has 0 unspecified atom stereocenters. The molecule has 0 N–H and O–H groups in total. The van der Waals surface area contributed by atoms with Crippen LogP contribution in [-0.2, 0) is 0 Å². The Morgan fingerprint density at radius 1 is 0.167 bits per heavy atom. The molecule has 0 amide bonds. The van der Waals surface area contributed by atoms with Crippen LogP contribution in [0.15, 0.2) is 364 Å². The van der Waals surface area contributed by atoms with Crippen LogP contribution in [-0.4, -0.2) is 0 Å². The van der Waals surface area contributed by atoms with Crippen molar-refractivity contribution in [2.24, 2.45) is 0 Å². The average molecular weight is 1150 g/mol. The topological polar surface area (TPSA) is 13.0 Å². The maximum absolute atomic E-state index is 2.38. The molecule has 15 rings (SSSR count). The fourth-order valence-corrected chi connectivity index (χ4v) is 12.5. The molecule has 0 fully saturated rings. The van der Waals surface area contributed by atoms with Gasteiger partial charge in [0.05, 0.1) is 5.69 Å². The van der Waals surface area contributed by atoms with Crippen LogP contribution < -0.4 is 19.6 Å². The van der Waals surface area contributed by atoms with Crippen molar-refractivity contribution in [3.8, 4) is 22.3 Å². The van der Waals surface area contributed by atoms with Crippen molar-refractivity contribution in [2.75, 3.05) is 19.6 Å². The molecule has 426 valence electrons. The van der Waals surface area contributed by atoms with E-state index in [-0.39, 0.29) is 0 Å². The van der Waals surface area contributed by atoms with Gasteiger partial charge in [-0.05, 0) is 212 Å². The summed E-state index contributed by atoms with van der Waals surface area (Å²) in [6.07, 6.45) is 4.41. The van der Waals surface area contributed by atoms with Crippen molar-refractivity contribution in [1.29, 1.82) is 0 Å². The molecule has 0 saturated carbocycles. The van der Waals surface area contributed by atoms with E-state index in [9.17, 15) is 0 Å². The predicted octanol–water partition coefficient (Wildman–Crippen LogP) is 24.5. The molecular weight excluding hydrogens is 1090 g/mol. The Morgan fingerprint density at radius 2 is 0.511 bits per heavy atom. The lowest BCUT2D eigenvalue weighted by molar-refractivity contribution is 1.28. The van der Waals surface area contributed by atoms with Crippen molar-refractivity contribution in [3.05, 3.63) is 375 Å². The third kappa shape index (κ3) is 11.2. The fourth-order valence-electron chi connectivity index (χ4n) is 12.5. The van der Waals surface area contributed by atoms with Crippen LogP contribution in [0.3, 0.4) is 0 Å². The van der Waals surface area contributed by atoms with Gasteiger partial charge in [0.25, 0.3) is 0 Å². The smallest absolute Gasteiger partial charge is 0.0546 e. The first-order chi connectivity index (χ1) is 44.6. The van der Waals surface area contributed by atoms with Crippen molar-refractivity contribution >= 4 is 113 Å². The third-order valence-electron chi connectivity index (χ3n) is 16.9. The molecule has 4 nitrogen and oxygen atoms in total. The molecule has 0 aliphatic rings. The zero-order valence-electron chi connectivity index (χ0n) is 49.6. The average Bonchev–Trinajstić information content (AvgIpc) is 0.866. The molecule has 0 bridgehead atoms. The summed E-state index contributed by atoms with van der Waals surface area (Å²) in [4.78, 5) is 9.41. The van der Waals surface area contributed by atoms with Gasteiger partial charge in [-0.2, -0.15) is 0 Å². The van der Waals surface area contributed by atoms with Gasteiger partial charge in [0.1, 0.15) is 0 Å². The number of anilines is 12. The maximum Gasteiger partial charge on any atom is 0.0546 e. The Kier molecular flexibility index (Phi) is 15.0. The monoisotopic (exact) mass is 1150 g/mol. The van der Waals surface area contributed by atoms with Crippen molar-refractivity contribution < 1.29 is 0 Å². The van der Waals surface area contributed by atoms with Crippen LogP contribution in [0.1, 0.15) is 11.1 Å². The highest BCUT2D eigenvalue weighted by molar-refractivity contribution is 6.16. The van der Waals surface area contributed by atoms with Crippen molar-refractivity contribution in [1.82, 2.24) is 0 Å². The zero-order valence-corrected chi connectivity index (χ0v) is 49.6. The first-order valence-electron chi connectivity index (χ1n) is 30.7. The summed E-state index contributed by atoms with van der Waals surface area (Å²) in [5.74, 6) is 0. The predicted molar refractivity (Wildman–Crippen MR) is 384 cm³/mol. The highest BCUT2D eigenvalue weighted by Crippen LogP contribution is 2.46.